The highest BCUT2D eigenvalue weighted by atomic mass is 35.5. The van der Waals surface area contributed by atoms with E-state index in [1.807, 2.05) is 6.07 Å². The number of carbonyl (C=O) groups excluding carboxylic acids is 1. The first-order chi connectivity index (χ1) is 11.5. The minimum Gasteiger partial charge on any atom is -0.355 e. The van der Waals surface area contributed by atoms with Gasteiger partial charge in [-0.15, -0.1) is 10.2 Å². The number of aromatic nitrogens is 2. The van der Waals surface area contributed by atoms with Crippen molar-refractivity contribution in [1.82, 2.24) is 10.2 Å². The molecule has 0 aliphatic carbocycles. The van der Waals surface area contributed by atoms with E-state index in [1.165, 1.54) is 0 Å². The number of piperidine rings is 1. The number of hydrogen-bond acceptors (Lipinski definition) is 4. The fourth-order valence-electron chi connectivity index (χ4n) is 2.65. The highest BCUT2D eigenvalue weighted by molar-refractivity contribution is 6.39. The van der Waals surface area contributed by atoms with Gasteiger partial charge in [-0.1, -0.05) is 36.2 Å². The number of rotatable bonds is 3. The van der Waals surface area contributed by atoms with E-state index in [-0.39, 0.29) is 5.69 Å². The minimum atomic E-state index is -0.392. The van der Waals surface area contributed by atoms with Crippen LogP contribution in [0.3, 0.4) is 0 Å². The quantitative estimate of drug-likeness (QED) is 0.883. The highest BCUT2D eigenvalue weighted by Gasteiger charge is 2.18. The third-order valence-corrected chi connectivity index (χ3v) is 4.82. The molecule has 1 aromatic heterocycles. The summed E-state index contributed by atoms with van der Waals surface area (Å²) in [5.41, 5.74) is 0.599. The smallest absolute Gasteiger partial charge is 0.276 e. The van der Waals surface area contributed by atoms with Crippen molar-refractivity contribution in [2.45, 2.75) is 19.8 Å². The molecule has 1 aliphatic heterocycles. The van der Waals surface area contributed by atoms with Crippen molar-refractivity contribution in [2.24, 2.45) is 5.92 Å². The number of amides is 1. The van der Waals surface area contributed by atoms with Crippen molar-refractivity contribution in [1.29, 1.82) is 0 Å². The SMILES string of the molecule is CC1CCN(c2ccc(C(=O)Nc3c(Cl)cccc3Cl)nn2)CC1. The van der Waals surface area contributed by atoms with Gasteiger partial charge in [0.1, 0.15) is 0 Å². The molecule has 0 saturated carbocycles. The largest absolute Gasteiger partial charge is 0.355 e. The van der Waals surface area contributed by atoms with E-state index < -0.39 is 5.91 Å². The second-order valence-electron chi connectivity index (χ2n) is 6.00. The first-order valence-electron chi connectivity index (χ1n) is 7.88. The van der Waals surface area contributed by atoms with E-state index in [1.54, 1.807) is 24.3 Å². The summed E-state index contributed by atoms with van der Waals surface area (Å²) in [5.74, 6) is 1.16. The van der Waals surface area contributed by atoms with E-state index in [9.17, 15) is 4.79 Å². The lowest BCUT2D eigenvalue weighted by Crippen LogP contribution is -2.33. The first kappa shape index (κ1) is 17.0. The third-order valence-electron chi connectivity index (χ3n) is 4.19. The summed E-state index contributed by atoms with van der Waals surface area (Å²) in [5, 5.41) is 11.7. The van der Waals surface area contributed by atoms with E-state index in [0.717, 1.165) is 37.7 Å². The van der Waals surface area contributed by atoms with Crippen LogP contribution in [0.1, 0.15) is 30.3 Å². The zero-order valence-electron chi connectivity index (χ0n) is 13.3. The zero-order valence-corrected chi connectivity index (χ0v) is 14.8. The third kappa shape index (κ3) is 3.79. The molecule has 1 aliphatic rings. The fraction of sp³-hybridized carbons (Fsp3) is 0.353. The summed E-state index contributed by atoms with van der Waals surface area (Å²) in [6, 6.07) is 8.53. The van der Waals surface area contributed by atoms with Crippen molar-refractivity contribution in [2.75, 3.05) is 23.3 Å². The molecule has 0 bridgehead atoms. The number of nitrogens with one attached hydrogen (secondary N) is 1. The van der Waals surface area contributed by atoms with Crippen LogP contribution in [-0.4, -0.2) is 29.2 Å². The number of para-hydroxylation sites is 1. The summed E-state index contributed by atoms with van der Waals surface area (Å²) < 4.78 is 0. The Balaban J connectivity index is 1.70. The van der Waals surface area contributed by atoms with Gasteiger partial charge in [-0.05, 0) is 43.0 Å². The summed E-state index contributed by atoms with van der Waals surface area (Å²) in [7, 11) is 0. The Labute approximate surface area is 151 Å². The molecule has 24 heavy (non-hydrogen) atoms. The highest BCUT2D eigenvalue weighted by Crippen LogP contribution is 2.30. The van der Waals surface area contributed by atoms with Crippen molar-refractivity contribution in [3.8, 4) is 0 Å². The van der Waals surface area contributed by atoms with Gasteiger partial charge in [0.15, 0.2) is 11.5 Å². The molecule has 7 heteroatoms. The lowest BCUT2D eigenvalue weighted by atomic mass is 9.99. The summed E-state index contributed by atoms with van der Waals surface area (Å²) in [6.45, 7) is 4.20. The predicted molar refractivity (Wildman–Crippen MR) is 97.1 cm³/mol. The average Bonchev–Trinajstić information content (AvgIpc) is 2.59. The van der Waals surface area contributed by atoms with Crippen LogP contribution < -0.4 is 10.2 Å². The van der Waals surface area contributed by atoms with Gasteiger partial charge in [-0.25, -0.2) is 0 Å². The van der Waals surface area contributed by atoms with Crippen molar-refractivity contribution in [3.63, 3.8) is 0 Å². The first-order valence-corrected chi connectivity index (χ1v) is 8.64. The Morgan fingerprint density at radius 1 is 1.12 bits per heavy atom. The van der Waals surface area contributed by atoms with Gasteiger partial charge in [0.25, 0.3) is 5.91 Å². The molecule has 1 fully saturated rings. The van der Waals surface area contributed by atoms with E-state index >= 15 is 0 Å². The van der Waals surface area contributed by atoms with E-state index in [4.69, 9.17) is 23.2 Å². The molecular formula is C17H18Cl2N4O. The van der Waals surface area contributed by atoms with Crippen LogP contribution in [-0.2, 0) is 0 Å². The zero-order chi connectivity index (χ0) is 17.1. The molecule has 5 nitrogen and oxygen atoms in total. The van der Waals surface area contributed by atoms with Gasteiger partial charge in [-0.3, -0.25) is 4.79 Å². The Hall–Kier alpha value is -1.85. The topological polar surface area (TPSA) is 58.1 Å². The van der Waals surface area contributed by atoms with Crippen molar-refractivity contribution >= 4 is 40.6 Å². The van der Waals surface area contributed by atoms with Crippen LogP contribution in [0.25, 0.3) is 0 Å². The van der Waals surface area contributed by atoms with E-state index in [0.29, 0.717) is 15.7 Å². The average molecular weight is 365 g/mol. The van der Waals surface area contributed by atoms with Crippen LogP contribution >= 0.6 is 23.2 Å². The summed E-state index contributed by atoms with van der Waals surface area (Å²) >= 11 is 12.1. The fourth-order valence-corrected chi connectivity index (χ4v) is 3.14. The lowest BCUT2D eigenvalue weighted by Gasteiger charge is -2.30. The maximum atomic E-state index is 12.3. The molecule has 0 atom stereocenters. The van der Waals surface area contributed by atoms with Crippen LogP contribution in [0.5, 0.6) is 0 Å². The number of hydrogen-bond donors (Lipinski definition) is 1. The summed E-state index contributed by atoms with van der Waals surface area (Å²) in [4.78, 5) is 14.5. The molecule has 1 amide bonds. The Kier molecular flexibility index (Phi) is 5.21. The normalized spacial score (nSPS) is 15.4. The molecule has 2 aromatic rings. The monoisotopic (exact) mass is 364 g/mol. The summed E-state index contributed by atoms with van der Waals surface area (Å²) in [6.07, 6.45) is 2.30. The van der Waals surface area contributed by atoms with Gasteiger partial charge in [0.05, 0.1) is 15.7 Å². The van der Waals surface area contributed by atoms with Crippen LogP contribution in [0, 0.1) is 5.92 Å². The van der Waals surface area contributed by atoms with Gasteiger partial charge >= 0.3 is 0 Å². The lowest BCUT2D eigenvalue weighted by molar-refractivity contribution is 0.102. The Bertz CT molecular complexity index is 708. The molecule has 1 aromatic carbocycles. The van der Waals surface area contributed by atoms with Gasteiger partial charge < -0.3 is 10.2 Å². The van der Waals surface area contributed by atoms with Crippen LogP contribution in [0.4, 0.5) is 11.5 Å². The second kappa shape index (κ2) is 7.36. The molecule has 3 rings (SSSR count). The molecule has 0 radical (unpaired) electrons. The molecular weight excluding hydrogens is 347 g/mol. The van der Waals surface area contributed by atoms with Crippen molar-refractivity contribution < 1.29 is 4.79 Å². The molecule has 0 spiro atoms. The van der Waals surface area contributed by atoms with Crippen LogP contribution in [0.15, 0.2) is 30.3 Å². The number of halogens is 2. The predicted octanol–water partition coefficient (Wildman–Crippen LogP) is 4.27. The maximum absolute atomic E-state index is 12.3. The van der Waals surface area contributed by atoms with Gasteiger partial charge in [0, 0.05) is 13.1 Å². The maximum Gasteiger partial charge on any atom is 0.276 e. The molecule has 126 valence electrons. The second-order valence-corrected chi connectivity index (χ2v) is 6.81. The van der Waals surface area contributed by atoms with Gasteiger partial charge in [-0.2, -0.15) is 0 Å². The Morgan fingerprint density at radius 3 is 2.38 bits per heavy atom. The van der Waals surface area contributed by atoms with E-state index in [2.05, 4.69) is 27.3 Å². The molecule has 2 heterocycles. The molecule has 1 saturated heterocycles. The number of nitrogens with zero attached hydrogens (tertiary/aromatic N) is 3. The Morgan fingerprint density at radius 2 is 1.79 bits per heavy atom. The number of carbonyl (C=O) groups is 1. The standard InChI is InChI=1S/C17H18Cl2N4O/c1-11-7-9-23(10-8-11)15-6-5-14(21-22-15)17(24)20-16-12(18)3-2-4-13(16)19/h2-6,11H,7-10H2,1H3,(H,20,24). The minimum absolute atomic E-state index is 0.222. The number of anilines is 2. The molecule has 0 unspecified atom stereocenters. The van der Waals surface area contributed by atoms with Crippen molar-refractivity contribution in [3.05, 3.63) is 46.1 Å². The number of benzene rings is 1. The van der Waals surface area contributed by atoms with Crippen LogP contribution in [0.2, 0.25) is 10.0 Å². The molecule has 1 N–H and O–H groups in total. The van der Waals surface area contributed by atoms with Gasteiger partial charge in [0.2, 0.25) is 0 Å².